The van der Waals surface area contributed by atoms with Crippen LogP contribution in [0.4, 0.5) is 4.79 Å². The highest BCUT2D eigenvalue weighted by atomic mass is 32.1. The number of aliphatic hydroxyl groups excluding tert-OH is 1. The van der Waals surface area contributed by atoms with Crippen LogP contribution in [0.25, 0.3) is 10.4 Å². The minimum atomic E-state index is -0.791. The van der Waals surface area contributed by atoms with Gasteiger partial charge in [-0.05, 0) is 102 Å². The average molecular weight is 929 g/mol. The predicted octanol–water partition coefficient (Wildman–Crippen LogP) is 5.32. The number of unbranched alkanes of at least 4 members (excludes halogenated alkanes) is 1. The number of nitrogens with zero attached hydrogens (tertiary/aromatic N) is 5. The minimum absolute atomic E-state index is 0.0209. The molecule has 4 aliphatic rings. The van der Waals surface area contributed by atoms with Crippen LogP contribution in [0.15, 0.2) is 48.2 Å². The summed E-state index contributed by atoms with van der Waals surface area (Å²) in [5.74, 6) is -0.0178. The maximum atomic E-state index is 14.1. The number of ether oxygens (including phenoxy) is 2. The number of aromatic nitrogens is 2. The first kappa shape index (κ1) is 48.8. The fourth-order valence-corrected chi connectivity index (χ4v) is 10.4. The number of thiazole rings is 1. The number of carbonyl (C=O) groups excluding carboxylic acids is 5. The van der Waals surface area contributed by atoms with Crippen LogP contribution in [0.2, 0.25) is 0 Å². The SMILES string of the molecule is Cc1ncsc1-c1ccc(CNC(=O)[C@@H]2C[C@@H](O)CN2C(=O)[C@@H](NCCCCOc2ccncc2C2CN(C(=O)[C@@H]3CC[C@@H]4CCC[C@H](NC(=O)OC(C)(C)C)C(=O)N43)C2)C(C)(C)C)cc1. The second-order valence-corrected chi connectivity index (χ2v) is 21.2. The molecule has 5 amide bonds. The monoisotopic (exact) mass is 928 g/mol. The van der Waals surface area contributed by atoms with E-state index in [0.717, 1.165) is 58.7 Å². The van der Waals surface area contributed by atoms with Crippen molar-refractivity contribution in [1.29, 1.82) is 0 Å². The summed E-state index contributed by atoms with van der Waals surface area (Å²) < 4.78 is 11.7. The molecule has 66 heavy (non-hydrogen) atoms. The maximum Gasteiger partial charge on any atom is 0.408 e. The Balaban J connectivity index is 0.861. The lowest BCUT2D eigenvalue weighted by atomic mass is 9.85. The Morgan fingerprint density at radius 1 is 0.955 bits per heavy atom. The average Bonchev–Trinajstić information content (AvgIpc) is 3.96. The van der Waals surface area contributed by atoms with Gasteiger partial charge in [0.1, 0.15) is 29.5 Å². The van der Waals surface area contributed by atoms with Gasteiger partial charge >= 0.3 is 6.09 Å². The number of carbonyl (C=O) groups is 5. The van der Waals surface area contributed by atoms with E-state index < -0.39 is 47.4 Å². The summed E-state index contributed by atoms with van der Waals surface area (Å²) in [5.41, 5.74) is 4.59. The van der Waals surface area contributed by atoms with Gasteiger partial charge in [0, 0.05) is 62.5 Å². The molecule has 4 aliphatic heterocycles. The van der Waals surface area contributed by atoms with Gasteiger partial charge in [0.2, 0.25) is 23.6 Å². The summed E-state index contributed by atoms with van der Waals surface area (Å²) in [6.45, 7) is 15.7. The smallest absolute Gasteiger partial charge is 0.408 e. The lowest BCUT2D eigenvalue weighted by Crippen LogP contribution is -2.58. The van der Waals surface area contributed by atoms with E-state index in [0.29, 0.717) is 52.0 Å². The molecule has 0 unspecified atom stereocenters. The molecule has 4 saturated heterocycles. The fraction of sp³-hybridized carbons (Fsp3) is 0.612. The Morgan fingerprint density at radius 2 is 1.71 bits per heavy atom. The number of β-amino-alcohol motifs (C(OH)–C–C–N with tert-alkyl or cyclic N) is 1. The van der Waals surface area contributed by atoms with Crippen LogP contribution in [-0.4, -0.2) is 134 Å². The number of nitrogens with one attached hydrogen (secondary N) is 3. The number of benzene rings is 1. The molecule has 0 spiro atoms. The zero-order valence-corrected chi connectivity index (χ0v) is 40.3. The summed E-state index contributed by atoms with van der Waals surface area (Å²) in [5, 5.41) is 19.9. The number of alkyl carbamates (subject to hydrolysis) is 1. The van der Waals surface area contributed by atoms with Crippen molar-refractivity contribution >= 4 is 41.1 Å². The number of aliphatic hydroxyl groups is 1. The third-order valence-electron chi connectivity index (χ3n) is 13.1. The minimum Gasteiger partial charge on any atom is -0.493 e. The van der Waals surface area contributed by atoms with Crippen LogP contribution in [0.1, 0.15) is 116 Å². The highest BCUT2D eigenvalue weighted by molar-refractivity contribution is 7.13. The number of fused-ring (bicyclic) bond motifs is 1. The van der Waals surface area contributed by atoms with E-state index in [1.54, 1.807) is 49.4 Å². The van der Waals surface area contributed by atoms with E-state index in [1.165, 1.54) is 4.90 Å². The van der Waals surface area contributed by atoms with Crippen molar-refractivity contribution in [2.45, 2.75) is 154 Å². The Bertz CT molecular complexity index is 2200. The Labute approximate surface area is 392 Å². The highest BCUT2D eigenvalue weighted by Gasteiger charge is 2.48. The van der Waals surface area contributed by atoms with Crippen molar-refractivity contribution < 1.29 is 38.6 Å². The molecule has 6 heterocycles. The second kappa shape index (κ2) is 20.8. The molecule has 4 fully saturated rings. The number of hydrogen-bond donors (Lipinski definition) is 4. The zero-order valence-electron chi connectivity index (χ0n) is 39.5. The van der Waals surface area contributed by atoms with Crippen molar-refractivity contribution in [3.8, 4) is 16.2 Å². The molecule has 2 aromatic heterocycles. The normalized spacial score (nSPS) is 22.9. The van der Waals surface area contributed by atoms with E-state index >= 15 is 0 Å². The van der Waals surface area contributed by atoms with Crippen molar-refractivity contribution in [1.82, 2.24) is 40.6 Å². The number of hydrogen-bond acceptors (Lipinski definition) is 12. The molecule has 7 rings (SSSR count). The molecule has 358 valence electrons. The summed E-state index contributed by atoms with van der Waals surface area (Å²) in [6.07, 6.45) is 7.12. The van der Waals surface area contributed by atoms with Gasteiger partial charge in [-0.3, -0.25) is 24.2 Å². The predicted molar refractivity (Wildman–Crippen MR) is 250 cm³/mol. The first-order valence-electron chi connectivity index (χ1n) is 23.5. The van der Waals surface area contributed by atoms with Crippen LogP contribution in [0.5, 0.6) is 5.75 Å². The van der Waals surface area contributed by atoms with E-state index in [9.17, 15) is 29.1 Å². The van der Waals surface area contributed by atoms with Gasteiger partial charge in [-0.1, -0.05) is 45.0 Å². The summed E-state index contributed by atoms with van der Waals surface area (Å²) >= 11 is 1.59. The molecule has 0 bridgehead atoms. The molecule has 3 aromatic rings. The van der Waals surface area contributed by atoms with Gasteiger partial charge in [-0.15, -0.1) is 11.3 Å². The summed E-state index contributed by atoms with van der Waals surface area (Å²) in [4.78, 5) is 82.8. The van der Waals surface area contributed by atoms with Gasteiger partial charge < -0.3 is 45.2 Å². The second-order valence-electron chi connectivity index (χ2n) is 20.4. The van der Waals surface area contributed by atoms with Gasteiger partial charge in [0.05, 0.1) is 34.8 Å². The molecule has 16 nitrogen and oxygen atoms in total. The quantitative estimate of drug-likeness (QED) is 0.144. The van der Waals surface area contributed by atoms with Crippen molar-refractivity contribution in [2.24, 2.45) is 5.41 Å². The number of amides is 5. The Kier molecular flexibility index (Phi) is 15.4. The van der Waals surface area contributed by atoms with Gasteiger partial charge in [-0.2, -0.15) is 0 Å². The first-order chi connectivity index (χ1) is 31.4. The van der Waals surface area contributed by atoms with Crippen LogP contribution in [-0.2, 0) is 30.5 Å². The zero-order chi connectivity index (χ0) is 47.3. The standard InChI is InChI=1S/C49H68N8O8S/c1-30-41(66-29-53-30)32-15-13-31(14-16-32)24-52-43(59)39-23-35(58)28-56(39)46(62)42(48(2,3)4)51-20-8-9-22-64-40-19-21-50-25-36(40)33-26-55(27-33)45(61)38-18-17-34-11-10-12-37(44(60)57(34)38)54-47(63)65-49(5,6)7/h13-16,19,21,25,29,33-35,37-39,42,51,58H,8-12,17-18,20,22-24,26-28H2,1-7H3,(H,52,59)(H,54,63)/t34-,35+,37-,38-,39-,42+/m0/s1. The first-order valence-corrected chi connectivity index (χ1v) is 24.4. The molecular weight excluding hydrogens is 861 g/mol. The van der Waals surface area contributed by atoms with Gasteiger partial charge in [0.15, 0.2) is 0 Å². The third kappa shape index (κ3) is 11.7. The molecule has 4 N–H and O–H groups in total. The maximum absolute atomic E-state index is 14.1. The van der Waals surface area contributed by atoms with Crippen molar-refractivity contribution in [3.05, 3.63) is 65.1 Å². The van der Waals surface area contributed by atoms with Crippen LogP contribution >= 0.6 is 11.3 Å². The highest BCUT2D eigenvalue weighted by Crippen LogP contribution is 2.38. The van der Waals surface area contributed by atoms with Crippen LogP contribution < -0.4 is 20.7 Å². The van der Waals surface area contributed by atoms with Crippen LogP contribution in [0.3, 0.4) is 0 Å². The third-order valence-corrected chi connectivity index (χ3v) is 14.1. The van der Waals surface area contributed by atoms with E-state index in [4.69, 9.17) is 9.47 Å². The van der Waals surface area contributed by atoms with Crippen LogP contribution in [0, 0.1) is 12.3 Å². The molecule has 0 saturated carbocycles. The number of aryl methyl sites for hydroxylation is 1. The molecule has 0 aliphatic carbocycles. The molecule has 0 radical (unpaired) electrons. The largest absolute Gasteiger partial charge is 0.493 e. The van der Waals surface area contributed by atoms with Gasteiger partial charge in [-0.25, -0.2) is 9.78 Å². The molecule has 1 aromatic carbocycles. The van der Waals surface area contributed by atoms with E-state index in [2.05, 4.69) is 25.9 Å². The van der Waals surface area contributed by atoms with Gasteiger partial charge in [0.25, 0.3) is 0 Å². The van der Waals surface area contributed by atoms with E-state index in [-0.39, 0.29) is 48.6 Å². The van der Waals surface area contributed by atoms with Crippen molar-refractivity contribution in [3.63, 3.8) is 0 Å². The number of rotatable bonds is 15. The summed E-state index contributed by atoms with van der Waals surface area (Å²) in [7, 11) is 0. The number of likely N-dealkylation sites (tertiary alicyclic amines) is 2. The molecular formula is C49H68N8O8S. The lowest BCUT2D eigenvalue weighted by Gasteiger charge is -2.43. The lowest BCUT2D eigenvalue weighted by molar-refractivity contribution is -0.148. The Hall–Kier alpha value is -5.13. The molecule has 17 heteroatoms. The topological polar surface area (TPSA) is 196 Å². The molecule has 6 atom stereocenters. The van der Waals surface area contributed by atoms with E-state index in [1.807, 2.05) is 68.4 Å². The van der Waals surface area contributed by atoms with Crippen molar-refractivity contribution in [2.75, 3.05) is 32.8 Å². The number of pyridine rings is 1. The Morgan fingerprint density at radius 3 is 2.41 bits per heavy atom. The fourth-order valence-electron chi connectivity index (χ4n) is 9.64. The summed E-state index contributed by atoms with van der Waals surface area (Å²) in [6, 6.07) is 7.18.